The van der Waals surface area contributed by atoms with Crippen LogP contribution in [0.25, 0.3) is 5.65 Å². The van der Waals surface area contributed by atoms with Gasteiger partial charge in [0, 0.05) is 24.4 Å². The molecule has 0 aliphatic rings. The van der Waals surface area contributed by atoms with Gasteiger partial charge in [-0.15, -0.1) is 0 Å². The molecule has 3 rings (SSSR count). The van der Waals surface area contributed by atoms with Crippen molar-refractivity contribution in [3.8, 4) is 0 Å². The molecule has 0 aliphatic carbocycles. The Morgan fingerprint density at radius 1 is 1.06 bits per heavy atom. The number of carbonyl (C=O) groups is 1. The van der Waals surface area contributed by atoms with Crippen molar-refractivity contribution in [2.24, 2.45) is 0 Å². The zero-order valence-electron chi connectivity index (χ0n) is 9.78. The first-order valence-corrected chi connectivity index (χ1v) is 5.82. The Bertz CT molecular complexity index is 686. The molecule has 3 nitrogen and oxygen atoms in total. The van der Waals surface area contributed by atoms with Gasteiger partial charge in [0.2, 0.25) is 0 Å². The normalized spacial score (nSPS) is 10.7. The summed E-state index contributed by atoms with van der Waals surface area (Å²) in [5, 5.41) is 0. The highest BCUT2D eigenvalue weighted by Crippen LogP contribution is 2.11. The first-order valence-electron chi connectivity index (χ1n) is 5.82. The number of nitrogens with zero attached hydrogens (tertiary/aromatic N) is 2. The summed E-state index contributed by atoms with van der Waals surface area (Å²) in [7, 11) is 0. The van der Waals surface area contributed by atoms with Gasteiger partial charge < -0.3 is 4.40 Å². The van der Waals surface area contributed by atoms with Crippen LogP contribution in [0.15, 0.2) is 54.9 Å². The Balaban J connectivity index is 1.96. The lowest BCUT2D eigenvalue weighted by atomic mass is 10.1. The van der Waals surface area contributed by atoms with Crippen LogP contribution in [0.3, 0.4) is 0 Å². The van der Waals surface area contributed by atoms with Gasteiger partial charge in [-0.3, -0.25) is 4.79 Å². The topological polar surface area (TPSA) is 34.4 Å². The van der Waals surface area contributed by atoms with E-state index in [-0.39, 0.29) is 0 Å². The van der Waals surface area contributed by atoms with E-state index in [2.05, 4.69) is 17.1 Å². The monoisotopic (exact) mass is 236 g/mol. The molecular weight excluding hydrogens is 224 g/mol. The number of fused-ring (bicyclic) bond motifs is 1. The second kappa shape index (κ2) is 4.45. The van der Waals surface area contributed by atoms with Crippen LogP contribution >= 0.6 is 0 Å². The van der Waals surface area contributed by atoms with Gasteiger partial charge in [-0.1, -0.05) is 30.3 Å². The molecule has 88 valence electrons. The Morgan fingerprint density at radius 3 is 2.67 bits per heavy atom. The molecule has 3 heteroatoms. The molecule has 0 N–H and O–H groups in total. The van der Waals surface area contributed by atoms with E-state index in [1.54, 1.807) is 12.3 Å². The van der Waals surface area contributed by atoms with Crippen LogP contribution in [0.4, 0.5) is 0 Å². The minimum absolute atomic E-state index is 0.658. The standard InChI is InChI=1S/C15H12N2O/c18-11-13-6-7-15-16-14(10-17(15)9-13)8-12-4-2-1-3-5-12/h1-7,9-11H,8H2. The van der Waals surface area contributed by atoms with Gasteiger partial charge >= 0.3 is 0 Å². The molecule has 0 aliphatic heterocycles. The molecule has 0 atom stereocenters. The van der Waals surface area contributed by atoms with E-state index >= 15 is 0 Å². The molecule has 0 bridgehead atoms. The lowest BCUT2D eigenvalue weighted by Gasteiger charge is -1.95. The molecule has 0 radical (unpaired) electrons. The minimum Gasteiger partial charge on any atom is -0.306 e. The molecule has 0 saturated heterocycles. The van der Waals surface area contributed by atoms with Gasteiger partial charge in [0.05, 0.1) is 5.69 Å². The molecule has 0 fully saturated rings. The molecule has 2 aromatic heterocycles. The van der Waals surface area contributed by atoms with E-state index in [4.69, 9.17) is 0 Å². The van der Waals surface area contributed by atoms with Gasteiger partial charge in [0.25, 0.3) is 0 Å². The summed E-state index contributed by atoms with van der Waals surface area (Å²) < 4.78 is 1.89. The molecule has 0 spiro atoms. The molecule has 18 heavy (non-hydrogen) atoms. The van der Waals surface area contributed by atoms with E-state index in [0.29, 0.717) is 5.56 Å². The zero-order chi connectivity index (χ0) is 12.4. The van der Waals surface area contributed by atoms with Crippen molar-refractivity contribution < 1.29 is 4.79 Å². The minimum atomic E-state index is 0.658. The van der Waals surface area contributed by atoms with Crippen LogP contribution in [0.1, 0.15) is 21.6 Å². The van der Waals surface area contributed by atoms with E-state index in [9.17, 15) is 4.79 Å². The van der Waals surface area contributed by atoms with E-state index in [1.807, 2.05) is 34.9 Å². The van der Waals surface area contributed by atoms with Crippen LogP contribution in [0.2, 0.25) is 0 Å². The number of pyridine rings is 1. The van der Waals surface area contributed by atoms with E-state index in [1.165, 1.54) is 5.56 Å². The lowest BCUT2D eigenvalue weighted by molar-refractivity contribution is 0.112. The first-order chi connectivity index (χ1) is 8.85. The fraction of sp³-hybridized carbons (Fsp3) is 0.0667. The maximum absolute atomic E-state index is 10.7. The Morgan fingerprint density at radius 2 is 1.89 bits per heavy atom. The van der Waals surface area contributed by atoms with Crippen molar-refractivity contribution in [2.45, 2.75) is 6.42 Å². The first kappa shape index (κ1) is 10.7. The molecule has 3 aromatic rings. The summed E-state index contributed by atoms with van der Waals surface area (Å²) in [5.74, 6) is 0. The molecular formula is C15H12N2O. The molecule has 2 heterocycles. The third-order valence-electron chi connectivity index (χ3n) is 2.89. The predicted molar refractivity (Wildman–Crippen MR) is 69.8 cm³/mol. The number of hydrogen-bond donors (Lipinski definition) is 0. The molecule has 0 saturated carbocycles. The summed E-state index contributed by atoms with van der Waals surface area (Å²) in [4.78, 5) is 15.2. The summed E-state index contributed by atoms with van der Waals surface area (Å²) in [6.07, 6.45) is 5.41. The largest absolute Gasteiger partial charge is 0.306 e. The third-order valence-corrected chi connectivity index (χ3v) is 2.89. The fourth-order valence-corrected chi connectivity index (χ4v) is 2.02. The maximum Gasteiger partial charge on any atom is 0.151 e. The second-order valence-electron chi connectivity index (χ2n) is 4.24. The van der Waals surface area contributed by atoms with Crippen molar-refractivity contribution in [1.29, 1.82) is 0 Å². The van der Waals surface area contributed by atoms with Crippen LogP contribution < -0.4 is 0 Å². The number of hydrogen-bond acceptors (Lipinski definition) is 2. The lowest BCUT2D eigenvalue weighted by Crippen LogP contribution is -1.86. The van der Waals surface area contributed by atoms with Crippen LogP contribution in [-0.4, -0.2) is 15.7 Å². The summed E-state index contributed by atoms with van der Waals surface area (Å²) in [5.41, 5.74) is 3.76. The van der Waals surface area contributed by atoms with Crippen molar-refractivity contribution >= 4 is 11.9 Å². The fourth-order valence-electron chi connectivity index (χ4n) is 2.02. The van der Waals surface area contributed by atoms with Crippen LogP contribution in [-0.2, 0) is 6.42 Å². The Kier molecular flexibility index (Phi) is 2.65. The summed E-state index contributed by atoms with van der Waals surface area (Å²) in [6.45, 7) is 0. The average molecular weight is 236 g/mol. The van der Waals surface area contributed by atoms with Crippen LogP contribution in [0, 0.1) is 0 Å². The van der Waals surface area contributed by atoms with Crippen molar-refractivity contribution in [2.75, 3.05) is 0 Å². The van der Waals surface area contributed by atoms with Gasteiger partial charge in [-0.25, -0.2) is 4.98 Å². The van der Waals surface area contributed by atoms with Crippen LogP contribution in [0.5, 0.6) is 0 Å². The van der Waals surface area contributed by atoms with Crippen molar-refractivity contribution in [1.82, 2.24) is 9.38 Å². The van der Waals surface area contributed by atoms with Crippen molar-refractivity contribution in [3.63, 3.8) is 0 Å². The third kappa shape index (κ3) is 2.02. The van der Waals surface area contributed by atoms with E-state index in [0.717, 1.165) is 24.0 Å². The Labute approximate surface area is 105 Å². The summed E-state index contributed by atoms with van der Waals surface area (Å²) in [6, 6.07) is 13.9. The van der Waals surface area contributed by atoms with Gasteiger partial charge in [-0.2, -0.15) is 0 Å². The number of rotatable bonds is 3. The number of aromatic nitrogens is 2. The van der Waals surface area contributed by atoms with E-state index < -0.39 is 0 Å². The smallest absolute Gasteiger partial charge is 0.151 e. The SMILES string of the molecule is O=Cc1ccc2nc(Cc3ccccc3)cn2c1. The Hall–Kier alpha value is -2.42. The molecule has 1 aromatic carbocycles. The number of benzene rings is 1. The highest BCUT2D eigenvalue weighted by atomic mass is 16.1. The average Bonchev–Trinajstić information content (AvgIpc) is 2.80. The quantitative estimate of drug-likeness (QED) is 0.655. The molecule has 0 amide bonds. The summed E-state index contributed by atoms with van der Waals surface area (Å²) >= 11 is 0. The predicted octanol–water partition coefficient (Wildman–Crippen LogP) is 2.74. The molecule has 0 unspecified atom stereocenters. The highest BCUT2D eigenvalue weighted by molar-refractivity contribution is 5.74. The number of imidazole rings is 1. The highest BCUT2D eigenvalue weighted by Gasteiger charge is 2.03. The van der Waals surface area contributed by atoms with Gasteiger partial charge in [-0.05, 0) is 17.7 Å². The zero-order valence-corrected chi connectivity index (χ0v) is 9.78. The maximum atomic E-state index is 10.7. The van der Waals surface area contributed by atoms with Crippen molar-refractivity contribution in [3.05, 3.63) is 71.7 Å². The van der Waals surface area contributed by atoms with Gasteiger partial charge in [0.15, 0.2) is 6.29 Å². The second-order valence-corrected chi connectivity index (χ2v) is 4.24. The van der Waals surface area contributed by atoms with Gasteiger partial charge in [0.1, 0.15) is 5.65 Å². The number of carbonyl (C=O) groups excluding carboxylic acids is 1. The number of aldehydes is 1.